The van der Waals surface area contributed by atoms with Crippen LogP contribution in [0.2, 0.25) is 0 Å². The third kappa shape index (κ3) is 3.26. The lowest BCUT2D eigenvalue weighted by Crippen LogP contribution is -2.32. The van der Waals surface area contributed by atoms with Gasteiger partial charge in [-0.25, -0.2) is 9.59 Å². The first-order valence-electron chi connectivity index (χ1n) is 6.60. The highest BCUT2D eigenvalue weighted by molar-refractivity contribution is 7.99. The highest BCUT2D eigenvalue weighted by Crippen LogP contribution is 2.40. The normalized spacial score (nSPS) is 14.9. The van der Waals surface area contributed by atoms with Crippen molar-refractivity contribution < 1.29 is 19.1 Å². The van der Waals surface area contributed by atoms with Gasteiger partial charge >= 0.3 is 11.9 Å². The van der Waals surface area contributed by atoms with Gasteiger partial charge in [-0.1, -0.05) is 0 Å². The topological polar surface area (TPSA) is 81.9 Å². The van der Waals surface area contributed by atoms with Crippen LogP contribution in [0.1, 0.15) is 27.0 Å². The lowest BCUT2D eigenvalue weighted by Gasteiger charge is -2.27. The second-order valence-electron chi connectivity index (χ2n) is 4.34. The monoisotopic (exact) mass is 330 g/mol. The van der Waals surface area contributed by atoms with E-state index in [-0.39, 0.29) is 22.7 Å². The fraction of sp³-hybridized carbons (Fsp3) is 0.538. The van der Waals surface area contributed by atoms with E-state index >= 15 is 0 Å². The Kier molecular flexibility index (Phi) is 5.35. The van der Waals surface area contributed by atoms with Gasteiger partial charge in [-0.05, 0) is 6.92 Å². The first-order chi connectivity index (χ1) is 10.1. The average molecular weight is 330 g/mol. The molecular formula is C13H18N2O4S2. The van der Waals surface area contributed by atoms with Crippen molar-refractivity contribution in [1.82, 2.24) is 0 Å². The summed E-state index contributed by atoms with van der Waals surface area (Å²) in [6.45, 7) is 3.62. The van der Waals surface area contributed by atoms with Crippen LogP contribution < -0.4 is 10.6 Å². The Labute approximate surface area is 131 Å². The lowest BCUT2D eigenvalue weighted by atomic mass is 10.2. The molecule has 8 heteroatoms. The maximum atomic E-state index is 12.0. The van der Waals surface area contributed by atoms with Crippen molar-refractivity contribution in [3.8, 4) is 0 Å². The minimum Gasteiger partial charge on any atom is -0.465 e. The first kappa shape index (κ1) is 16.0. The van der Waals surface area contributed by atoms with Crippen molar-refractivity contribution in [2.45, 2.75) is 6.92 Å². The molecule has 0 saturated carbocycles. The molecule has 1 aliphatic rings. The van der Waals surface area contributed by atoms with Crippen molar-refractivity contribution in [2.24, 2.45) is 0 Å². The molecule has 0 aromatic carbocycles. The van der Waals surface area contributed by atoms with Crippen LogP contribution in [0.3, 0.4) is 0 Å². The van der Waals surface area contributed by atoms with Crippen LogP contribution >= 0.6 is 23.1 Å². The predicted octanol–water partition coefficient (Wildman–Crippen LogP) is 1.85. The molecule has 2 N–H and O–H groups in total. The fourth-order valence-corrected chi connectivity index (χ4v) is 4.13. The lowest BCUT2D eigenvalue weighted by molar-refractivity contribution is 0.0533. The van der Waals surface area contributed by atoms with Crippen LogP contribution in [-0.2, 0) is 9.47 Å². The molecule has 2 rings (SSSR count). The van der Waals surface area contributed by atoms with Crippen molar-refractivity contribution in [2.75, 3.05) is 48.9 Å². The molecule has 21 heavy (non-hydrogen) atoms. The highest BCUT2D eigenvalue weighted by atomic mass is 32.2. The Morgan fingerprint density at radius 1 is 1.29 bits per heavy atom. The molecule has 116 valence electrons. The maximum Gasteiger partial charge on any atom is 0.350 e. The Balaban J connectivity index is 2.43. The molecule has 0 radical (unpaired) electrons. The van der Waals surface area contributed by atoms with Crippen LogP contribution in [0.25, 0.3) is 0 Å². The molecule has 1 aliphatic heterocycles. The number of thiophene rings is 1. The van der Waals surface area contributed by atoms with Crippen LogP contribution in [-0.4, -0.2) is 50.3 Å². The SMILES string of the molecule is CCOC(=O)c1sc(N2CCSCC2)c(C(=O)OC)c1N. The quantitative estimate of drug-likeness (QED) is 0.844. The van der Waals surface area contributed by atoms with Crippen molar-refractivity contribution in [1.29, 1.82) is 0 Å². The van der Waals surface area contributed by atoms with Crippen molar-refractivity contribution >= 4 is 45.7 Å². The largest absolute Gasteiger partial charge is 0.465 e. The Hall–Kier alpha value is -1.41. The van der Waals surface area contributed by atoms with Gasteiger partial charge in [0.1, 0.15) is 15.4 Å². The minimum atomic E-state index is -0.521. The molecule has 1 aromatic rings. The number of hydrogen-bond donors (Lipinski definition) is 1. The third-order valence-corrected chi connectivity index (χ3v) is 5.26. The van der Waals surface area contributed by atoms with E-state index in [1.165, 1.54) is 18.4 Å². The number of ether oxygens (including phenoxy) is 2. The molecule has 6 nitrogen and oxygen atoms in total. The highest BCUT2D eigenvalue weighted by Gasteiger charge is 2.30. The van der Waals surface area contributed by atoms with Crippen LogP contribution in [0.5, 0.6) is 0 Å². The average Bonchev–Trinajstić information content (AvgIpc) is 2.85. The molecule has 1 aromatic heterocycles. The van der Waals surface area contributed by atoms with E-state index in [4.69, 9.17) is 15.2 Å². The summed E-state index contributed by atoms with van der Waals surface area (Å²) in [5, 5.41) is 0.697. The molecule has 0 unspecified atom stereocenters. The summed E-state index contributed by atoms with van der Waals surface area (Å²) in [5.74, 6) is 0.940. The Bertz CT molecular complexity index is 539. The zero-order chi connectivity index (χ0) is 15.4. The van der Waals surface area contributed by atoms with E-state index in [9.17, 15) is 9.59 Å². The van der Waals surface area contributed by atoms with Gasteiger partial charge in [-0.3, -0.25) is 0 Å². The van der Waals surface area contributed by atoms with E-state index < -0.39 is 11.9 Å². The maximum absolute atomic E-state index is 12.0. The van der Waals surface area contributed by atoms with Gasteiger partial charge in [-0.2, -0.15) is 11.8 Å². The van der Waals surface area contributed by atoms with Gasteiger partial charge in [-0.15, -0.1) is 11.3 Å². The van der Waals surface area contributed by atoms with E-state index in [1.807, 2.05) is 11.8 Å². The van der Waals surface area contributed by atoms with E-state index in [0.717, 1.165) is 24.6 Å². The zero-order valence-electron chi connectivity index (χ0n) is 12.0. The fourth-order valence-electron chi connectivity index (χ4n) is 2.07. The van der Waals surface area contributed by atoms with Crippen molar-refractivity contribution in [3.63, 3.8) is 0 Å². The van der Waals surface area contributed by atoms with E-state index in [0.29, 0.717) is 5.00 Å². The summed E-state index contributed by atoms with van der Waals surface area (Å²) in [4.78, 5) is 26.3. The number of rotatable bonds is 4. The number of anilines is 2. The molecule has 1 saturated heterocycles. The third-order valence-electron chi connectivity index (χ3n) is 3.08. The number of nitrogens with two attached hydrogens (primary N) is 1. The van der Waals surface area contributed by atoms with Crippen LogP contribution in [0.4, 0.5) is 10.7 Å². The van der Waals surface area contributed by atoms with Gasteiger partial charge < -0.3 is 20.1 Å². The van der Waals surface area contributed by atoms with Gasteiger partial charge in [0.05, 0.1) is 19.4 Å². The zero-order valence-corrected chi connectivity index (χ0v) is 13.6. The van der Waals surface area contributed by atoms with E-state index in [2.05, 4.69) is 4.90 Å². The number of nitrogen functional groups attached to an aromatic ring is 1. The Morgan fingerprint density at radius 2 is 1.95 bits per heavy atom. The number of carbonyl (C=O) groups excluding carboxylic acids is 2. The standard InChI is InChI=1S/C13H18N2O4S2/c1-3-19-13(17)10-9(14)8(12(16)18-2)11(21-10)15-4-6-20-7-5-15/h3-7,14H2,1-2H3. The van der Waals surface area contributed by atoms with Crippen LogP contribution in [0, 0.1) is 0 Å². The summed E-state index contributed by atoms with van der Waals surface area (Å²) in [5.41, 5.74) is 6.42. The van der Waals surface area contributed by atoms with E-state index in [1.54, 1.807) is 6.92 Å². The Morgan fingerprint density at radius 3 is 2.52 bits per heavy atom. The second-order valence-corrected chi connectivity index (χ2v) is 6.56. The number of thioether (sulfide) groups is 1. The molecule has 0 atom stereocenters. The second kappa shape index (κ2) is 7.04. The smallest absolute Gasteiger partial charge is 0.350 e. The number of hydrogen-bond acceptors (Lipinski definition) is 8. The van der Waals surface area contributed by atoms with Gasteiger partial charge in [0.2, 0.25) is 0 Å². The van der Waals surface area contributed by atoms with Gasteiger partial charge in [0.25, 0.3) is 0 Å². The summed E-state index contributed by atoms with van der Waals surface area (Å²) in [6, 6.07) is 0. The number of esters is 2. The van der Waals surface area contributed by atoms with Gasteiger partial charge in [0, 0.05) is 24.6 Å². The van der Waals surface area contributed by atoms with Crippen molar-refractivity contribution in [3.05, 3.63) is 10.4 Å². The molecular weight excluding hydrogens is 312 g/mol. The molecule has 1 fully saturated rings. The minimum absolute atomic E-state index is 0.151. The molecule has 0 amide bonds. The first-order valence-corrected chi connectivity index (χ1v) is 8.57. The number of nitrogens with zero attached hydrogens (tertiary/aromatic N) is 1. The summed E-state index contributed by atoms with van der Waals surface area (Å²) in [7, 11) is 1.30. The predicted molar refractivity (Wildman–Crippen MR) is 85.6 cm³/mol. The van der Waals surface area contributed by atoms with Crippen LogP contribution in [0.15, 0.2) is 0 Å². The summed E-state index contributed by atoms with van der Waals surface area (Å²) >= 11 is 3.06. The molecule has 0 aliphatic carbocycles. The molecule has 0 spiro atoms. The number of carbonyl (C=O) groups is 2. The molecule has 0 bridgehead atoms. The summed E-state index contributed by atoms with van der Waals surface area (Å²) in [6.07, 6.45) is 0. The number of methoxy groups -OCH3 is 1. The van der Waals surface area contributed by atoms with Gasteiger partial charge in [0.15, 0.2) is 0 Å². The molecule has 2 heterocycles. The summed E-state index contributed by atoms with van der Waals surface area (Å²) < 4.78 is 9.80.